The highest BCUT2D eigenvalue weighted by atomic mass is 32.2. The van der Waals surface area contributed by atoms with Crippen molar-refractivity contribution in [2.75, 3.05) is 0 Å². The fourth-order valence-corrected chi connectivity index (χ4v) is 5.45. The molecule has 10 heteroatoms. The number of carboxylic acid groups (broad SMARTS) is 1. The molecule has 4 aromatic rings. The Morgan fingerprint density at radius 3 is 1.86 bits per heavy atom. The van der Waals surface area contributed by atoms with Crippen molar-refractivity contribution in [1.82, 2.24) is 0 Å². The normalized spacial score (nSPS) is 11.9. The Hall–Kier alpha value is -3.50. The first-order valence-electron chi connectivity index (χ1n) is 15.0. The highest BCUT2D eigenvalue weighted by molar-refractivity contribution is 7.86. The van der Waals surface area contributed by atoms with E-state index in [9.17, 15) is 23.1 Å². The Balaban J connectivity index is 0.000000583. The first-order valence-corrected chi connectivity index (χ1v) is 16.5. The molecule has 0 aliphatic rings. The number of rotatable bonds is 13. The molecule has 0 bridgehead atoms. The number of pyridine rings is 1. The second-order valence-corrected chi connectivity index (χ2v) is 12.4. The van der Waals surface area contributed by atoms with Gasteiger partial charge in [-0.1, -0.05) is 113 Å². The maximum Gasteiger partial charge on any atom is 0.485 e. The molecule has 0 spiro atoms. The van der Waals surface area contributed by atoms with Gasteiger partial charge in [0.2, 0.25) is 11.0 Å². The standard InChI is InChI=1S/C33H39NO2.CHF3O3S/c1-3-4-5-6-7-8-9-10-11-12-16-25-21-23-26(24-22-25)27-18-15-20-30-31(27)32(33(35)36)28-17-13-14-19-29(28)34(30)2;2-1(3,4)8(5,6)7/h13-15,17-24H,3-12,16H2,1-2H3;(H,5,6,7). The Bertz CT molecular complexity index is 1650. The van der Waals surface area contributed by atoms with Gasteiger partial charge in [0.1, 0.15) is 7.05 Å². The first kappa shape index (κ1) is 35.0. The number of halogens is 3. The van der Waals surface area contributed by atoms with Crippen LogP contribution in [0.5, 0.6) is 0 Å². The Labute approximate surface area is 257 Å². The van der Waals surface area contributed by atoms with Gasteiger partial charge in [-0.3, -0.25) is 0 Å². The summed E-state index contributed by atoms with van der Waals surface area (Å²) in [5.74, 6) is -0.887. The lowest BCUT2D eigenvalue weighted by Gasteiger charge is -2.12. The monoisotopic (exact) mass is 631 g/mol. The van der Waals surface area contributed by atoms with E-state index in [4.69, 9.17) is 13.0 Å². The van der Waals surface area contributed by atoms with Gasteiger partial charge in [-0.2, -0.15) is 17.7 Å². The number of carboxylic acids is 1. The second-order valence-electron chi connectivity index (χ2n) is 11.0. The SMILES string of the molecule is CCCCCCCCCCCCc1ccc(-c2cccc3c2c(C(=O)O)c2ccccc2[n+]3C)cc1.O=S(=O)([O-])C(F)(F)F. The summed E-state index contributed by atoms with van der Waals surface area (Å²) in [6, 6.07) is 22.6. The smallest absolute Gasteiger partial charge is 0.485 e. The third kappa shape index (κ3) is 9.25. The maximum atomic E-state index is 12.4. The maximum absolute atomic E-state index is 12.4. The summed E-state index contributed by atoms with van der Waals surface area (Å²) in [5, 5.41) is 11.8. The molecule has 0 radical (unpaired) electrons. The zero-order valence-electron chi connectivity index (χ0n) is 25.2. The van der Waals surface area contributed by atoms with Gasteiger partial charge in [0, 0.05) is 12.1 Å². The van der Waals surface area contributed by atoms with Crippen molar-refractivity contribution in [1.29, 1.82) is 0 Å². The summed E-state index contributed by atoms with van der Waals surface area (Å²) < 4.78 is 61.0. The number of alkyl halides is 3. The van der Waals surface area contributed by atoms with Crippen molar-refractivity contribution < 1.29 is 40.6 Å². The highest BCUT2D eigenvalue weighted by Gasteiger charge is 2.37. The molecule has 3 aromatic carbocycles. The predicted molar refractivity (Wildman–Crippen MR) is 166 cm³/mol. The van der Waals surface area contributed by atoms with Crippen LogP contribution in [0.2, 0.25) is 0 Å². The summed E-state index contributed by atoms with van der Waals surface area (Å²) in [4.78, 5) is 12.4. The van der Waals surface area contributed by atoms with Crippen molar-refractivity contribution in [3.63, 3.8) is 0 Å². The van der Waals surface area contributed by atoms with Crippen molar-refractivity contribution in [2.45, 2.75) is 83.1 Å². The average molecular weight is 632 g/mol. The van der Waals surface area contributed by atoms with E-state index in [0.717, 1.165) is 39.4 Å². The number of aromatic nitrogens is 1. The van der Waals surface area contributed by atoms with E-state index in [2.05, 4.69) is 35.8 Å². The zero-order chi connectivity index (χ0) is 32.3. The second kappa shape index (κ2) is 16.0. The van der Waals surface area contributed by atoms with Crippen molar-refractivity contribution >= 4 is 37.9 Å². The molecule has 1 heterocycles. The fraction of sp³-hybridized carbons (Fsp3) is 0.412. The minimum absolute atomic E-state index is 0.378. The topological polar surface area (TPSA) is 98.4 Å². The molecule has 0 atom stereocenters. The Morgan fingerprint density at radius 2 is 1.32 bits per heavy atom. The fourth-order valence-electron chi connectivity index (χ4n) is 5.45. The van der Waals surface area contributed by atoms with Crippen LogP contribution in [0, 0.1) is 0 Å². The van der Waals surface area contributed by atoms with E-state index in [1.165, 1.54) is 69.8 Å². The van der Waals surface area contributed by atoms with Crippen LogP contribution in [-0.4, -0.2) is 29.6 Å². The lowest BCUT2D eigenvalue weighted by Crippen LogP contribution is -2.31. The first-order chi connectivity index (χ1) is 20.9. The van der Waals surface area contributed by atoms with Crippen LogP contribution in [0.25, 0.3) is 32.9 Å². The molecule has 0 fully saturated rings. The third-order valence-electron chi connectivity index (χ3n) is 7.77. The van der Waals surface area contributed by atoms with Gasteiger partial charge in [-0.15, -0.1) is 0 Å². The lowest BCUT2D eigenvalue weighted by atomic mass is 9.93. The van der Waals surface area contributed by atoms with E-state index in [1.54, 1.807) is 0 Å². The quantitative estimate of drug-likeness (QED) is 0.0523. The van der Waals surface area contributed by atoms with Crippen LogP contribution in [0.15, 0.2) is 66.7 Å². The number of hydrogen-bond acceptors (Lipinski definition) is 4. The van der Waals surface area contributed by atoms with E-state index in [1.807, 2.05) is 49.5 Å². The van der Waals surface area contributed by atoms with Gasteiger partial charge in [0.05, 0.1) is 16.3 Å². The molecule has 0 saturated heterocycles. The summed E-state index contributed by atoms with van der Waals surface area (Å²) in [7, 11) is -4.08. The molecular formula is C34H40F3NO5S. The molecule has 4 rings (SSSR count). The molecule has 1 N–H and O–H groups in total. The van der Waals surface area contributed by atoms with Crippen molar-refractivity contribution in [3.05, 3.63) is 77.9 Å². The highest BCUT2D eigenvalue weighted by Crippen LogP contribution is 2.33. The number of aryl methyl sites for hydroxylation is 2. The predicted octanol–water partition coefficient (Wildman–Crippen LogP) is 8.70. The van der Waals surface area contributed by atoms with Crippen molar-refractivity contribution in [2.24, 2.45) is 7.05 Å². The number of fused-ring (bicyclic) bond motifs is 2. The summed E-state index contributed by atoms with van der Waals surface area (Å²) >= 11 is 0. The third-order valence-corrected chi connectivity index (χ3v) is 8.34. The molecule has 44 heavy (non-hydrogen) atoms. The Morgan fingerprint density at radius 1 is 0.795 bits per heavy atom. The molecule has 0 aliphatic heterocycles. The summed E-state index contributed by atoms with van der Waals surface area (Å²) in [6.45, 7) is 2.27. The number of aromatic carboxylic acids is 1. The number of benzene rings is 3. The van der Waals surface area contributed by atoms with Crippen LogP contribution >= 0.6 is 0 Å². The number of hydrogen-bond donors (Lipinski definition) is 1. The summed E-state index contributed by atoms with van der Waals surface area (Å²) in [6.07, 6.45) is 14.6. The average Bonchev–Trinajstić information content (AvgIpc) is 2.97. The number of carbonyl (C=O) groups is 1. The van der Waals surface area contributed by atoms with Gasteiger partial charge >= 0.3 is 11.5 Å². The zero-order valence-corrected chi connectivity index (χ0v) is 26.0. The van der Waals surface area contributed by atoms with Gasteiger partial charge in [0.25, 0.3) is 0 Å². The lowest BCUT2D eigenvalue weighted by molar-refractivity contribution is -0.617. The van der Waals surface area contributed by atoms with E-state index < -0.39 is 21.6 Å². The molecule has 0 saturated carbocycles. The van der Waals surface area contributed by atoms with E-state index in [0.29, 0.717) is 5.56 Å². The van der Waals surface area contributed by atoms with E-state index >= 15 is 0 Å². The van der Waals surface area contributed by atoms with Crippen LogP contribution in [0.1, 0.15) is 87.1 Å². The molecule has 0 unspecified atom stereocenters. The molecule has 238 valence electrons. The number of unbranched alkanes of at least 4 members (excludes halogenated alkanes) is 9. The van der Waals surface area contributed by atoms with E-state index in [-0.39, 0.29) is 0 Å². The van der Waals surface area contributed by atoms with Gasteiger partial charge in [-0.05, 0) is 35.6 Å². The van der Waals surface area contributed by atoms with Crippen LogP contribution < -0.4 is 4.57 Å². The van der Waals surface area contributed by atoms with Crippen LogP contribution in [0.4, 0.5) is 13.2 Å². The number of nitrogens with zero attached hydrogens (tertiary/aromatic N) is 1. The molecule has 6 nitrogen and oxygen atoms in total. The molecular weight excluding hydrogens is 591 g/mol. The molecule has 1 aromatic heterocycles. The van der Waals surface area contributed by atoms with Crippen LogP contribution in [-0.2, 0) is 23.6 Å². The van der Waals surface area contributed by atoms with Crippen LogP contribution in [0.3, 0.4) is 0 Å². The molecule has 0 aliphatic carbocycles. The Kier molecular flexibility index (Phi) is 12.7. The van der Waals surface area contributed by atoms with Gasteiger partial charge < -0.3 is 9.66 Å². The summed E-state index contributed by atoms with van der Waals surface area (Å²) in [5.41, 5.74) is -0.0318. The van der Waals surface area contributed by atoms with Crippen molar-refractivity contribution in [3.8, 4) is 11.1 Å². The largest absolute Gasteiger partial charge is 0.741 e. The minimum Gasteiger partial charge on any atom is -0.741 e. The number of para-hydroxylation sites is 1. The minimum atomic E-state index is -6.09. The van der Waals surface area contributed by atoms with Gasteiger partial charge in [0.15, 0.2) is 10.1 Å². The molecule has 0 amide bonds. The van der Waals surface area contributed by atoms with Gasteiger partial charge in [-0.25, -0.2) is 13.2 Å².